The topological polar surface area (TPSA) is 78.8 Å². The van der Waals surface area contributed by atoms with E-state index in [0.29, 0.717) is 5.56 Å². The molecule has 0 saturated carbocycles. The van der Waals surface area contributed by atoms with Gasteiger partial charge in [0.25, 0.3) is 0 Å². The first-order valence-corrected chi connectivity index (χ1v) is 9.04. The predicted molar refractivity (Wildman–Crippen MR) is 110 cm³/mol. The van der Waals surface area contributed by atoms with Crippen LogP contribution in [0.4, 0.5) is 0 Å². The Morgan fingerprint density at radius 1 is 1.00 bits per heavy atom. The first-order chi connectivity index (χ1) is 13.0. The Bertz CT molecular complexity index is 976. The minimum atomic E-state index is 0.0875. The number of phenols is 1. The van der Waals surface area contributed by atoms with Gasteiger partial charge in [-0.2, -0.15) is 0 Å². The van der Waals surface area contributed by atoms with E-state index in [1.807, 2.05) is 43.3 Å². The van der Waals surface area contributed by atoms with Gasteiger partial charge in [-0.15, -0.1) is 0 Å². The maximum atomic E-state index is 9.67. The Kier molecular flexibility index (Phi) is 5.46. The van der Waals surface area contributed by atoms with Crippen molar-refractivity contribution in [2.45, 2.75) is 26.7 Å². The van der Waals surface area contributed by atoms with Crippen LogP contribution < -0.4 is 5.73 Å². The van der Waals surface area contributed by atoms with Crippen LogP contribution in [0.1, 0.15) is 30.0 Å². The van der Waals surface area contributed by atoms with E-state index in [1.54, 1.807) is 12.1 Å². The summed E-state index contributed by atoms with van der Waals surface area (Å²) in [4.78, 5) is 0. The average Bonchev–Trinajstić information content (AvgIpc) is 2.67. The van der Waals surface area contributed by atoms with E-state index < -0.39 is 0 Å². The van der Waals surface area contributed by atoms with Crippen molar-refractivity contribution >= 4 is 5.84 Å². The maximum Gasteiger partial charge on any atom is 0.170 e. The fourth-order valence-corrected chi connectivity index (χ4v) is 3.37. The van der Waals surface area contributed by atoms with Crippen LogP contribution in [0.2, 0.25) is 0 Å². The van der Waals surface area contributed by atoms with E-state index in [9.17, 15) is 10.3 Å². The number of phenolic OH excluding ortho intramolecular Hbond substituents is 1. The van der Waals surface area contributed by atoms with Crippen LogP contribution >= 0.6 is 0 Å². The van der Waals surface area contributed by atoms with Crippen LogP contribution in [-0.2, 0) is 6.42 Å². The fourth-order valence-electron chi connectivity index (χ4n) is 3.37. The third kappa shape index (κ3) is 3.95. The molecule has 0 fully saturated rings. The molecule has 0 spiro atoms. The fraction of sp³-hybridized carbons (Fsp3) is 0.174. The largest absolute Gasteiger partial charge is 0.508 e. The Balaban J connectivity index is 2.37. The quantitative estimate of drug-likeness (QED) is 0.257. The number of hydrogen-bond donors (Lipinski definition) is 3. The van der Waals surface area contributed by atoms with Gasteiger partial charge in [0.1, 0.15) is 5.75 Å². The third-order valence-corrected chi connectivity index (χ3v) is 4.61. The van der Waals surface area contributed by atoms with Crippen molar-refractivity contribution in [2.75, 3.05) is 0 Å². The molecule has 0 aliphatic rings. The number of amidine groups is 1. The standard InChI is InChI=1S/C23H24N2O2/c1-3-5-16-13-20(17-8-10-19(26)11-9-17)22(21(14-16)23(24)25-27)18-7-4-6-15(2)12-18/h4,6-14,26-27H,3,5H2,1-2H3,(H2,24,25). The molecule has 4 heteroatoms. The van der Waals surface area contributed by atoms with Gasteiger partial charge in [0.2, 0.25) is 0 Å². The first-order valence-electron chi connectivity index (χ1n) is 9.04. The molecular weight excluding hydrogens is 336 g/mol. The molecule has 0 aliphatic carbocycles. The van der Waals surface area contributed by atoms with E-state index in [2.05, 4.69) is 24.2 Å². The second kappa shape index (κ2) is 7.96. The lowest BCUT2D eigenvalue weighted by atomic mass is 9.87. The second-order valence-electron chi connectivity index (χ2n) is 6.72. The van der Waals surface area contributed by atoms with Crippen molar-refractivity contribution in [3.8, 4) is 28.0 Å². The molecule has 4 nitrogen and oxygen atoms in total. The molecule has 3 rings (SSSR count). The van der Waals surface area contributed by atoms with Crippen LogP contribution in [0, 0.1) is 6.92 Å². The molecule has 0 aliphatic heterocycles. The predicted octanol–water partition coefficient (Wildman–Crippen LogP) is 5.08. The Hall–Kier alpha value is -3.27. The smallest absolute Gasteiger partial charge is 0.170 e. The summed E-state index contributed by atoms with van der Waals surface area (Å²) in [6, 6.07) is 19.4. The van der Waals surface area contributed by atoms with Gasteiger partial charge in [0.15, 0.2) is 5.84 Å². The van der Waals surface area contributed by atoms with Crippen LogP contribution in [0.25, 0.3) is 22.3 Å². The first kappa shape index (κ1) is 18.5. The highest BCUT2D eigenvalue weighted by Crippen LogP contribution is 2.37. The lowest BCUT2D eigenvalue weighted by Gasteiger charge is -2.18. The molecule has 0 atom stereocenters. The molecule has 3 aromatic carbocycles. The van der Waals surface area contributed by atoms with Crippen molar-refractivity contribution in [1.29, 1.82) is 0 Å². The van der Waals surface area contributed by atoms with Gasteiger partial charge in [-0.25, -0.2) is 0 Å². The van der Waals surface area contributed by atoms with Crippen LogP contribution in [0.5, 0.6) is 5.75 Å². The molecule has 0 radical (unpaired) electrons. The number of hydrogen-bond acceptors (Lipinski definition) is 3. The number of nitrogens with zero attached hydrogens (tertiary/aromatic N) is 1. The second-order valence-corrected chi connectivity index (χ2v) is 6.72. The van der Waals surface area contributed by atoms with Gasteiger partial charge in [-0.3, -0.25) is 0 Å². The SMILES string of the molecule is CCCc1cc(/C(N)=N/O)c(-c2cccc(C)c2)c(-c2ccc(O)cc2)c1. The van der Waals surface area contributed by atoms with Gasteiger partial charge in [0, 0.05) is 11.1 Å². The van der Waals surface area contributed by atoms with E-state index in [1.165, 1.54) is 0 Å². The number of aromatic hydroxyl groups is 1. The molecule has 0 bridgehead atoms. The minimum Gasteiger partial charge on any atom is -0.508 e. The van der Waals surface area contributed by atoms with Crippen molar-refractivity contribution in [2.24, 2.45) is 10.9 Å². The molecule has 3 aromatic rings. The highest BCUT2D eigenvalue weighted by molar-refractivity contribution is 6.07. The minimum absolute atomic E-state index is 0.0875. The summed E-state index contributed by atoms with van der Waals surface area (Å²) in [5.41, 5.74) is 12.9. The highest BCUT2D eigenvalue weighted by atomic mass is 16.4. The van der Waals surface area contributed by atoms with Crippen LogP contribution in [0.3, 0.4) is 0 Å². The van der Waals surface area contributed by atoms with E-state index in [0.717, 1.165) is 46.2 Å². The molecular formula is C23H24N2O2. The zero-order valence-corrected chi connectivity index (χ0v) is 15.6. The molecule has 0 aromatic heterocycles. The van der Waals surface area contributed by atoms with Crippen molar-refractivity contribution in [1.82, 2.24) is 0 Å². The van der Waals surface area contributed by atoms with Gasteiger partial charge in [-0.1, -0.05) is 66.5 Å². The summed E-state index contributed by atoms with van der Waals surface area (Å²) in [6.07, 6.45) is 1.89. The van der Waals surface area contributed by atoms with Gasteiger partial charge >= 0.3 is 0 Å². The average molecular weight is 360 g/mol. The maximum absolute atomic E-state index is 9.67. The Labute approximate surface area is 159 Å². The number of benzene rings is 3. The normalized spacial score (nSPS) is 11.6. The molecule has 138 valence electrons. The zero-order chi connectivity index (χ0) is 19.4. The summed E-state index contributed by atoms with van der Waals surface area (Å²) >= 11 is 0. The molecule has 0 heterocycles. The number of nitrogens with two attached hydrogens (primary N) is 1. The van der Waals surface area contributed by atoms with Gasteiger partial charge in [-0.05, 0) is 53.8 Å². The van der Waals surface area contributed by atoms with Gasteiger partial charge in [0.05, 0.1) is 0 Å². The lowest BCUT2D eigenvalue weighted by molar-refractivity contribution is 0.318. The number of oxime groups is 1. The Morgan fingerprint density at radius 3 is 2.37 bits per heavy atom. The van der Waals surface area contributed by atoms with Crippen molar-refractivity contribution in [3.63, 3.8) is 0 Å². The molecule has 27 heavy (non-hydrogen) atoms. The molecule has 4 N–H and O–H groups in total. The highest BCUT2D eigenvalue weighted by Gasteiger charge is 2.17. The van der Waals surface area contributed by atoms with Crippen LogP contribution in [-0.4, -0.2) is 16.1 Å². The van der Waals surface area contributed by atoms with E-state index in [4.69, 9.17) is 5.73 Å². The molecule has 0 unspecified atom stereocenters. The van der Waals surface area contributed by atoms with Crippen LogP contribution in [0.15, 0.2) is 65.8 Å². The zero-order valence-electron chi connectivity index (χ0n) is 15.6. The Morgan fingerprint density at radius 2 is 1.74 bits per heavy atom. The van der Waals surface area contributed by atoms with Crippen molar-refractivity contribution in [3.05, 3.63) is 77.4 Å². The summed E-state index contributed by atoms with van der Waals surface area (Å²) < 4.78 is 0. The molecule has 0 saturated heterocycles. The summed E-state index contributed by atoms with van der Waals surface area (Å²) in [5.74, 6) is 0.307. The summed E-state index contributed by atoms with van der Waals surface area (Å²) in [5, 5.41) is 22.3. The lowest BCUT2D eigenvalue weighted by Crippen LogP contribution is -2.15. The number of rotatable bonds is 5. The van der Waals surface area contributed by atoms with Gasteiger partial charge < -0.3 is 16.0 Å². The number of aryl methyl sites for hydroxylation is 2. The van der Waals surface area contributed by atoms with E-state index in [-0.39, 0.29) is 11.6 Å². The van der Waals surface area contributed by atoms with E-state index >= 15 is 0 Å². The monoisotopic (exact) mass is 360 g/mol. The third-order valence-electron chi connectivity index (χ3n) is 4.61. The van der Waals surface area contributed by atoms with Crippen molar-refractivity contribution < 1.29 is 10.3 Å². The summed E-state index contributed by atoms with van der Waals surface area (Å²) in [7, 11) is 0. The molecule has 0 amide bonds. The summed E-state index contributed by atoms with van der Waals surface area (Å²) in [6.45, 7) is 4.16.